The van der Waals surface area contributed by atoms with Crippen LogP contribution < -0.4 is 0 Å². The maximum Gasteiger partial charge on any atom is 0.471 e. The van der Waals surface area contributed by atoms with Crippen LogP contribution in [0.3, 0.4) is 0 Å². The third-order valence-corrected chi connectivity index (χ3v) is 9.72. The van der Waals surface area contributed by atoms with Crippen LogP contribution in [-0.2, 0) is 18.1 Å². The lowest BCUT2D eigenvalue weighted by molar-refractivity contribution is -0.112. The van der Waals surface area contributed by atoms with Crippen LogP contribution in [0.25, 0.3) is 0 Å². The monoisotopic (exact) mass is 264 g/mol. The summed E-state index contributed by atoms with van der Waals surface area (Å²) in [6, 6.07) is 0. The smallest absolute Gasteiger partial charge is 0.377 e. The van der Waals surface area contributed by atoms with Gasteiger partial charge in [-0.1, -0.05) is 6.92 Å². The lowest BCUT2D eigenvalue weighted by atomic mass is 10.4. The molecule has 0 saturated carbocycles. The van der Waals surface area contributed by atoms with E-state index in [0.29, 0.717) is 31.6 Å². The number of carbonyl (C=O) groups is 1. The standard InChI is InChI=1S/C10H24O4Si2/c1-5-9-10(11)15-16(12-6-2,13-7-3)14-8-4/h5-9,15H2,1-4H3. The molecule has 0 N–H and O–H groups in total. The van der Waals surface area contributed by atoms with Gasteiger partial charge in [0.15, 0.2) is 9.04 Å². The van der Waals surface area contributed by atoms with Gasteiger partial charge < -0.3 is 18.1 Å². The Morgan fingerprint density at radius 2 is 1.44 bits per heavy atom. The van der Waals surface area contributed by atoms with Gasteiger partial charge in [0.1, 0.15) is 5.41 Å². The van der Waals surface area contributed by atoms with Crippen molar-refractivity contribution in [3.05, 3.63) is 0 Å². The molecule has 0 amide bonds. The van der Waals surface area contributed by atoms with Gasteiger partial charge in [0.25, 0.3) is 0 Å². The number of rotatable bonds is 10. The summed E-state index contributed by atoms with van der Waals surface area (Å²) in [5.41, 5.74) is 0. The van der Waals surface area contributed by atoms with Gasteiger partial charge >= 0.3 is 8.32 Å². The van der Waals surface area contributed by atoms with E-state index in [1.165, 1.54) is 0 Å². The molecule has 0 fully saturated rings. The van der Waals surface area contributed by atoms with Gasteiger partial charge in [-0.15, -0.1) is 0 Å². The Hall–Kier alpha value is -0.0162. The summed E-state index contributed by atoms with van der Waals surface area (Å²) in [6.07, 6.45) is 1.52. The van der Waals surface area contributed by atoms with Gasteiger partial charge in [-0.05, 0) is 27.2 Å². The second-order valence-corrected chi connectivity index (χ2v) is 10.5. The van der Waals surface area contributed by atoms with Crippen LogP contribution in [0.15, 0.2) is 0 Å². The normalized spacial score (nSPS) is 12.5. The Morgan fingerprint density at radius 3 is 1.75 bits per heavy atom. The van der Waals surface area contributed by atoms with Crippen LogP contribution in [0, 0.1) is 0 Å². The van der Waals surface area contributed by atoms with Crippen molar-refractivity contribution in [3.8, 4) is 0 Å². The van der Waals surface area contributed by atoms with Crippen LogP contribution >= 0.6 is 0 Å². The van der Waals surface area contributed by atoms with Crippen LogP contribution in [0.2, 0.25) is 0 Å². The third-order valence-electron chi connectivity index (χ3n) is 2.04. The summed E-state index contributed by atoms with van der Waals surface area (Å²) in [4.78, 5) is 11.7. The van der Waals surface area contributed by atoms with Crippen molar-refractivity contribution >= 4 is 22.8 Å². The van der Waals surface area contributed by atoms with E-state index in [2.05, 4.69) is 0 Å². The Labute approximate surface area is 102 Å². The zero-order chi connectivity index (χ0) is 12.4. The Kier molecular flexibility index (Phi) is 9.05. The van der Waals surface area contributed by atoms with Gasteiger partial charge in [-0.25, -0.2) is 0 Å². The first-order valence-electron chi connectivity index (χ1n) is 6.07. The highest BCUT2D eigenvalue weighted by atomic mass is 29.2. The van der Waals surface area contributed by atoms with Crippen LogP contribution in [0.4, 0.5) is 0 Å². The molecule has 0 aliphatic rings. The van der Waals surface area contributed by atoms with E-state index < -0.39 is 17.4 Å². The van der Waals surface area contributed by atoms with Crippen molar-refractivity contribution in [2.75, 3.05) is 19.8 Å². The first-order chi connectivity index (χ1) is 7.64. The molecule has 0 aliphatic heterocycles. The molecule has 0 atom stereocenters. The highest BCUT2D eigenvalue weighted by Gasteiger charge is 2.42. The molecule has 0 bridgehead atoms. The fraction of sp³-hybridized carbons (Fsp3) is 0.900. The topological polar surface area (TPSA) is 44.8 Å². The fourth-order valence-corrected chi connectivity index (χ4v) is 9.17. The Balaban J connectivity index is 4.51. The van der Waals surface area contributed by atoms with E-state index >= 15 is 0 Å². The molecular formula is C10H24O4Si2. The van der Waals surface area contributed by atoms with Gasteiger partial charge in [-0.3, -0.25) is 0 Å². The molecule has 6 heteroatoms. The van der Waals surface area contributed by atoms with Crippen molar-refractivity contribution in [1.82, 2.24) is 0 Å². The van der Waals surface area contributed by atoms with Crippen LogP contribution in [0.5, 0.6) is 0 Å². The molecule has 0 aromatic heterocycles. The minimum Gasteiger partial charge on any atom is -0.377 e. The molecular weight excluding hydrogens is 240 g/mol. The van der Waals surface area contributed by atoms with E-state index in [9.17, 15) is 4.79 Å². The predicted octanol–water partition coefficient (Wildman–Crippen LogP) is 1.03. The van der Waals surface area contributed by atoms with E-state index in [4.69, 9.17) is 13.3 Å². The van der Waals surface area contributed by atoms with Gasteiger partial charge in [0.05, 0.1) is 0 Å². The Bertz CT molecular complexity index is 182. The average molecular weight is 264 g/mol. The van der Waals surface area contributed by atoms with E-state index in [-0.39, 0.29) is 0 Å². The highest BCUT2D eigenvalue weighted by molar-refractivity contribution is 7.26. The first-order valence-corrected chi connectivity index (χ1v) is 10.8. The maximum absolute atomic E-state index is 11.7. The molecule has 0 unspecified atom stereocenters. The SMILES string of the molecule is CCCC(=O)[SiH2][Si](OCC)(OCC)OCC. The summed E-state index contributed by atoms with van der Waals surface area (Å²) < 4.78 is 17.0. The predicted molar refractivity (Wildman–Crippen MR) is 69.1 cm³/mol. The molecule has 16 heavy (non-hydrogen) atoms. The Morgan fingerprint density at radius 1 is 1.00 bits per heavy atom. The lowest BCUT2D eigenvalue weighted by Gasteiger charge is -2.28. The molecule has 0 saturated heterocycles. The van der Waals surface area contributed by atoms with Crippen molar-refractivity contribution in [2.45, 2.75) is 40.5 Å². The zero-order valence-electron chi connectivity index (χ0n) is 10.9. The van der Waals surface area contributed by atoms with Crippen molar-refractivity contribution < 1.29 is 18.1 Å². The maximum atomic E-state index is 11.7. The average Bonchev–Trinajstić information content (AvgIpc) is 2.18. The zero-order valence-corrected chi connectivity index (χ0v) is 13.3. The minimum absolute atomic E-state index is 0.310. The highest BCUT2D eigenvalue weighted by Crippen LogP contribution is 2.09. The second kappa shape index (κ2) is 9.06. The molecule has 96 valence electrons. The largest absolute Gasteiger partial charge is 0.471 e. The number of hydrogen-bond acceptors (Lipinski definition) is 4. The summed E-state index contributed by atoms with van der Waals surface area (Å²) in [5.74, 6) is 0. The summed E-state index contributed by atoms with van der Waals surface area (Å²) >= 11 is 0. The molecule has 4 nitrogen and oxygen atoms in total. The van der Waals surface area contributed by atoms with Gasteiger partial charge in [0.2, 0.25) is 0 Å². The minimum atomic E-state index is -2.61. The number of carbonyl (C=O) groups excluding carboxylic acids is 1. The van der Waals surface area contributed by atoms with Crippen LogP contribution in [0.1, 0.15) is 40.5 Å². The molecule has 0 spiro atoms. The van der Waals surface area contributed by atoms with Gasteiger partial charge in [-0.2, -0.15) is 0 Å². The first kappa shape index (κ1) is 16.0. The van der Waals surface area contributed by atoms with E-state index in [0.717, 1.165) is 6.42 Å². The molecule has 0 aliphatic carbocycles. The quantitative estimate of drug-likeness (QED) is 0.553. The number of hydrogen-bond donors (Lipinski definition) is 0. The third kappa shape index (κ3) is 5.90. The molecule has 0 rings (SSSR count). The summed E-state index contributed by atoms with van der Waals surface area (Å²) in [7, 11) is -3.67. The second-order valence-electron chi connectivity index (χ2n) is 3.45. The lowest BCUT2D eigenvalue weighted by Crippen LogP contribution is -2.55. The molecule has 0 radical (unpaired) electrons. The molecule has 0 heterocycles. The van der Waals surface area contributed by atoms with Crippen molar-refractivity contribution in [1.29, 1.82) is 0 Å². The van der Waals surface area contributed by atoms with Crippen LogP contribution in [-0.4, -0.2) is 42.6 Å². The fourth-order valence-electron chi connectivity index (χ4n) is 1.55. The summed E-state index contributed by atoms with van der Waals surface area (Å²) in [5, 5.41) is 0.310. The van der Waals surface area contributed by atoms with Crippen molar-refractivity contribution in [3.63, 3.8) is 0 Å². The van der Waals surface area contributed by atoms with E-state index in [1.807, 2.05) is 27.7 Å². The molecule has 0 aromatic carbocycles. The van der Waals surface area contributed by atoms with Gasteiger partial charge in [0, 0.05) is 26.2 Å². The van der Waals surface area contributed by atoms with Crippen molar-refractivity contribution in [2.24, 2.45) is 0 Å². The van der Waals surface area contributed by atoms with E-state index in [1.54, 1.807) is 0 Å². The summed E-state index contributed by atoms with van der Waals surface area (Å²) in [6.45, 7) is 9.42. The molecule has 0 aromatic rings.